The molecule has 5 heteroatoms. The second-order valence-electron chi connectivity index (χ2n) is 5.38. The quantitative estimate of drug-likeness (QED) is 0.578. The van der Waals surface area contributed by atoms with Gasteiger partial charge in [-0.25, -0.2) is 4.99 Å². The number of rotatable bonds is 5. The number of nitrogens with zero attached hydrogens (tertiary/aromatic N) is 1. The van der Waals surface area contributed by atoms with E-state index in [0.717, 1.165) is 23.3 Å². The van der Waals surface area contributed by atoms with Crippen LogP contribution in [0.25, 0.3) is 0 Å². The average molecular weight is 307 g/mol. The molecule has 1 aliphatic rings. The van der Waals surface area contributed by atoms with E-state index in [1.165, 1.54) is 19.3 Å². The molecule has 0 heterocycles. The Hall–Kier alpha value is -1.36. The molecule has 1 aliphatic carbocycles. The van der Waals surface area contributed by atoms with Gasteiger partial charge in [-0.15, -0.1) is 0 Å². The number of benzene rings is 1. The van der Waals surface area contributed by atoms with Gasteiger partial charge in [0, 0.05) is 17.8 Å². The van der Waals surface area contributed by atoms with Crippen molar-refractivity contribution in [3.05, 3.63) is 29.8 Å². The van der Waals surface area contributed by atoms with Crippen LogP contribution >= 0.6 is 11.8 Å². The van der Waals surface area contributed by atoms with E-state index >= 15 is 0 Å². The summed E-state index contributed by atoms with van der Waals surface area (Å²) in [5.74, 6) is 1.16. The zero-order chi connectivity index (χ0) is 15.1. The van der Waals surface area contributed by atoms with E-state index in [2.05, 4.69) is 28.8 Å². The van der Waals surface area contributed by atoms with Crippen LogP contribution in [-0.2, 0) is 6.54 Å². The summed E-state index contributed by atoms with van der Waals surface area (Å²) in [5, 5.41) is 17.1. The Morgan fingerprint density at radius 2 is 2.29 bits per heavy atom. The SMILES string of the molecule is CCNC(=NCc1cccc(O)c1)NC1CCC(SC)C1. The number of aromatic hydroxyl groups is 1. The molecule has 0 spiro atoms. The summed E-state index contributed by atoms with van der Waals surface area (Å²) in [7, 11) is 0. The van der Waals surface area contributed by atoms with Crippen molar-refractivity contribution < 1.29 is 5.11 Å². The van der Waals surface area contributed by atoms with Crippen molar-refractivity contribution in [2.75, 3.05) is 12.8 Å². The summed E-state index contributed by atoms with van der Waals surface area (Å²) in [6, 6.07) is 7.78. The molecule has 0 aliphatic heterocycles. The van der Waals surface area contributed by atoms with Gasteiger partial charge in [-0.05, 0) is 50.1 Å². The number of guanidine groups is 1. The first-order valence-corrected chi connectivity index (χ1v) is 8.85. The molecule has 0 aromatic heterocycles. The van der Waals surface area contributed by atoms with Crippen LogP contribution in [0.5, 0.6) is 5.75 Å². The maximum atomic E-state index is 9.49. The molecule has 21 heavy (non-hydrogen) atoms. The van der Waals surface area contributed by atoms with Crippen molar-refractivity contribution in [1.82, 2.24) is 10.6 Å². The molecule has 116 valence electrons. The maximum Gasteiger partial charge on any atom is 0.191 e. The maximum absolute atomic E-state index is 9.49. The number of hydrogen-bond donors (Lipinski definition) is 3. The number of nitrogens with one attached hydrogen (secondary N) is 2. The van der Waals surface area contributed by atoms with Gasteiger partial charge in [0.2, 0.25) is 0 Å². The lowest BCUT2D eigenvalue weighted by Gasteiger charge is -2.17. The molecule has 1 aromatic rings. The van der Waals surface area contributed by atoms with Gasteiger partial charge in [-0.2, -0.15) is 11.8 Å². The molecule has 1 saturated carbocycles. The monoisotopic (exact) mass is 307 g/mol. The highest BCUT2D eigenvalue weighted by atomic mass is 32.2. The van der Waals surface area contributed by atoms with Crippen LogP contribution in [0.15, 0.2) is 29.3 Å². The largest absolute Gasteiger partial charge is 0.508 e. The molecule has 0 amide bonds. The lowest BCUT2D eigenvalue weighted by Crippen LogP contribution is -2.42. The van der Waals surface area contributed by atoms with Crippen molar-refractivity contribution in [3.63, 3.8) is 0 Å². The number of phenols is 1. The summed E-state index contributed by atoms with van der Waals surface area (Å²) in [4.78, 5) is 4.62. The number of thioether (sulfide) groups is 1. The molecule has 2 rings (SSSR count). The molecule has 0 radical (unpaired) electrons. The molecule has 1 fully saturated rings. The standard InChI is InChI=1S/C16H25N3OS/c1-3-17-16(19-13-7-8-15(10-13)21-2)18-11-12-5-4-6-14(20)9-12/h4-6,9,13,15,20H,3,7-8,10-11H2,1-2H3,(H2,17,18,19). The fraction of sp³-hybridized carbons (Fsp3) is 0.562. The zero-order valence-corrected chi connectivity index (χ0v) is 13.6. The Bertz CT molecular complexity index is 478. The summed E-state index contributed by atoms with van der Waals surface area (Å²) in [5.41, 5.74) is 1.01. The fourth-order valence-corrected chi connectivity index (χ4v) is 3.42. The lowest BCUT2D eigenvalue weighted by atomic mass is 10.2. The Kier molecular flexibility index (Phi) is 6.23. The Balaban J connectivity index is 1.93. The van der Waals surface area contributed by atoms with Crippen molar-refractivity contribution in [3.8, 4) is 5.75 Å². The van der Waals surface area contributed by atoms with E-state index < -0.39 is 0 Å². The fourth-order valence-electron chi connectivity index (χ4n) is 2.62. The van der Waals surface area contributed by atoms with Gasteiger partial charge in [0.25, 0.3) is 0 Å². The smallest absolute Gasteiger partial charge is 0.191 e. The molecular formula is C16H25N3OS. The van der Waals surface area contributed by atoms with E-state index in [-0.39, 0.29) is 0 Å². The highest BCUT2D eigenvalue weighted by molar-refractivity contribution is 7.99. The van der Waals surface area contributed by atoms with Gasteiger partial charge in [-0.3, -0.25) is 0 Å². The Morgan fingerprint density at radius 1 is 1.43 bits per heavy atom. The van der Waals surface area contributed by atoms with Crippen molar-refractivity contribution in [2.24, 2.45) is 4.99 Å². The minimum Gasteiger partial charge on any atom is -0.508 e. The van der Waals surface area contributed by atoms with Crippen LogP contribution in [0, 0.1) is 0 Å². The predicted molar refractivity (Wildman–Crippen MR) is 91.0 cm³/mol. The summed E-state index contributed by atoms with van der Waals surface area (Å²) >= 11 is 1.96. The molecule has 0 bridgehead atoms. The summed E-state index contributed by atoms with van der Waals surface area (Å²) in [6.07, 6.45) is 5.89. The third-order valence-corrected chi connectivity index (χ3v) is 4.83. The van der Waals surface area contributed by atoms with Crippen LogP contribution < -0.4 is 10.6 Å². The van der Waals surface area contributed by atoms with Crippen LogP contribution in [0.1, 0.15) is 31.7 Å². The lowest BCUT2D eigenvalue weighted by molar-refractivity contribution is 0.474. The van der Waals surface area contributed by atoms with Crippen LogP contribution in [0.2, 0.25) is 0 Å². The molecule has 2 unspecified atom stereocenters. The highest BCUT2D eigenvalue weighted by Gasteiger charge is 2.24. The minimum atomic E-state index is 0.291. The first-order valence-electron chi connectivity index (χ1n) is 7.56. The van der Waals surface area contributed by atoms with E-state index in [4.69, 9.17) is 0 Å². The number of aliphatic imine (C=N–C) groups is 1. The molecule has 1 aromatic carbocycles. The van der Waals surface area contributed by atoms with Gasteiger partial charge in [-0.1, -0.05) is 12.1 Å². The third kappa shape index (κ3) is 5.16. The van der Waals surface area contributed by atoms with E-state index in [9.17, 15) is 5.11 Å². The molecule has 2 atom stereocenters. The summed E-state index contributed by atoms with van der Waals surface area (Å²) < 4.78 is 0. The zero-order valence-electron chi connectivity index (χ0n) is 12.8. The van der Waals surface area contributed by atoms with E-state index in [1.54, 1.807) is 12.1 Å². The number of hydrogen-bond acceptors (Lipinski definition) is 3. The van der Waals surface area contributed by atoms with Gasteiger partial charge in [0.1, 0.15) is 5.75 Å². The first kappa shape index (κ1) is 16.0. The second-order valence-corrected chi connectivity index (χ2v) is 6.52. The Labute approximate surface area is 131 Å². The third-order valence-electron chi connectivity index (χ3n) is 3.73. The summed E-state index contributed by atoms with van der Waals surface area (Å²) in [6.45, 7) is 3.50. The molecule has 0 saturated heterocycles. The van der Waals surface area contributed by atoms with Gasteiger partial charge in [0.05, 0.1) is 6.54 Å². The number of phenolic OH excluding ortho intramolecular Hbond substituents is 1. The van der Waals surface area contributed by atoms with Gasteiger partial charge in [0.15, 0.2) is 5.96 Å². The van der Waals surface area contributed by atoms with Crippen LogP contribution in [0.3, 0.4) is 0 Å². The first-order chi connectivity index (χ1) is 10.2. The van der Waals surface area contributed by atoms with Crippen molar-refractivity contribution >= 4 is 17.7 Å². The van der Waals surface area contributed by atoms with Gasteiger partial charge >= 0.3 is 0 Å². The second kappa shape index (κ2) is 8.17. The molecule has 4 nitrogen and oxygen atoms in total. The highest BCUT2D eigenvalue weighted by Crippen LogP contribution is 2.28. The van der Waals surface area contributed by atoms with Crippen molar-refractivity contribution in [1.29, 1.82) is 0 Å². The average Bonchev–Trinajstić information content (AvgIpc) is 2.93. The van der Waals surface area contributed by atoms with Crippen LogP contribution in [0.4, 0.5) is 0 Å². The Morgan fingerprint density at radius 3 is 2.95 bits per heavy atom. The molecular weight excluding hydrogens is 282 g/mol. The van der Waals surface area contributed by atoms with Gasteiger partial charge < -0.3 is 15.7 Å². The predicted octanol–water partition coefficient (Wildman–Crippen LogP) is 2.73. The van der Waals surface area contributed by atoms with Crippen molar-refractivity contribution in [2.45, 2.75) is 44.0 Å². The topological polar surface area (TPSA) is 56.7 Å². The van der Waals surface area contributed by atoms with E-state index in [1.807, 2.05) is 23.9 Å². The van der Waals surface area contributed by atoms with Crippen LogP contribution in [-0.4, -0.2) is 35.2 Å². The normalized spacial score (nSPS) is 22.3. The van der Waals surface area contributed by atoms with E-state index in [0.29, 0.717) is 18.3 Å². The minimum absolute atomic E-state index is 0.291. The molecule has 3 N–H and O–H groups in total.